The highest BCUT2D eigenvalue weighted by molar-refractivity contribution is 5.39. The molecule has 0 aliphatic heterocycles. The molecule has 1 heterocycles. The van der Waals surface area contributed by atoms with Crippen molar-refractivity contribution < 1.29 is 0 Å². The molecule has 0 N–H and O–H groups in total. The SMILES string of the molecule is Cc1c(C(C)C)c(C)n(C)c(=O)c1C(C)C. The van der Waals surface area contributed by atoms with E-state index in [0.29, 0.717) is 5.92 Å². The van der Waals surface area contributed by atoms with E-state index in [0.717, 1.165) is 11.3 Å². The molecule has 0 aromatic carbocycles. The van der Waals surface area contributed by atoms with Crippen LogP contribution in [0.4, 0.5) is 0 Å². The van der Waals surface area contributed by atoms with Gasteiger partial charge in [0.2, 0.25) is 0 Å². The van der Waals surface area contributed by atoms with Gasteiger partial charge in [-0.25, -0.2) is 0 Å². The second kappa shape index (κ2) is 4.44. The first-order valence-electron chi connectivity index (χ1n) is 5.99. The molecule has 1 aromatic rings. The minimum absolute atomic E-state index is 0.161. The van der Waals surface area contributed by atoms with Gasteiger partial charge < -0.3 is 4.57 Å². The van der Waals surface area contributed by atoms with Crippen LogP contribution in [-0.2, 0) is 7.05 Å². The fraction of sp³-hybridized carbons (Fsp3) is 0.643. The van der Waals surface area contributed by atoms with E-state index in [1.54, 1.807) is 4.57 Å². The summed E-state index contributed by atoms with van der Waals surface area (Å²) in [6.45, 7) is 12.7. The van der Waals surface area contributed by atoms with E-state index in [4.69, 9.17) is 0 Å². The molecular formula is C14H23NO. The lowest BCUT2D eigenvalue weighted by atomic mass is 9.89. The van der Waals surface area contributed by atoms with Crippen molar-refractivity contribution in [2.24, 2.45) is 7.05 Å². The van der Waals surface area contributed by atoms with E-state index in [1.807, 2.05) is 14.0 Å². The van der Waals surface area contributed by atoms with Crippen LogP contribution in [0.5, 0.6) is 0 Å². The van der Waals surface area contributed by atoms with Gasteiger partial charge in [0.1, 0.15) is 0 Å². The van der Waals surface area contributed by atoms with Gasteiger partial charge in [-0.2, -0.15) is 0 Å². The van der Waals surface area contributed by atoms with Crippen molar-refractivity contribution in [1.29, 1.82) is 0 Å². The van der Waals surface area contributed by atoms with E-state index < -0.39 is 0 Å². The largest absolute Gasteiger partial charge is 0.315 e. The number of hydrogen-bond donors (Lipinski definition) is 0. The van der Waals surface area contributed by atoms with Gasteiger partial charge in [-0.05, 0) is 36.8 Å². The summed E-state index contributed by atoms with van der Waals surface area (Å²) in [6.07, 6.45) is 0. The first kappa shape index (κ1) is 13.0. The number of rotatable bonds is 2. The molecule has 1 aromatic heterocycles. The van der Waals surface area contributed by atoms with E-state index in [2.05, 4.69) is 34.6 Å². The highest BCUT2D eigenvalue weighted by Gasteiger charge is 2.18. The minimum atomic E-state index is 0.161. The Morgan fingerprint density at radius 1 is 0.938 bits per heavy atom. The topological polar surface area (TPSA) is 22.0 Å². The van der Waals surface area contributed by atoms with Crippen molar-refractivity contribution in [2.75, 3.05) is 0 Å². The van der Waals surface area contributed by atoms with Crippen LogP contribution in [0.1, 0.15) is 61.9 Å². The molecule has 0 spiro atoms. The van der Waals surface area contributed by atoms with Crippen molar-refractivity contribution in [3.05, 3.63) is 32.7 Å². The van der Waals surface area contributed by atoms with Gasteiger partial charge in [0.15, 0.2) is 0 Å². The number of aromatic nitrogens is 1. The van der Waals surface area contributed by atoms with Crippen LogP contribution < -0.4 is 5.56 Å². The molecular weight excluding hydrogens is 198 g/mol. The number of hydrogen-bond acceptors (Lipinski definition) is 1. The molecule has 0 saturated heterocycles. The zero-order valence-electron chi connectivity index (χ0n) is 11.5. The lowest BCUT2D eigenvalue weighted by Gasteiger charge is -2.21. The Labute approximate surface area is 98.3 Å². The molecule has 2 nitrogen and oxygen atoms in total. The van der Waals surface area contributed by atoms with Gasteiger partial charge in [-0.3, -0.25) is 4.79 Å². The molecule has 1 rings (SSSR count). The molecule has 0 atom stereocenters. The smallest absolute Gasteiger partial charge is 0.254 e. The van der Waals surface area contributed by atoms with Crippen LogP contribution in [0.15, 0.2) is 4.79 Å². The Morgan fingerprint density at radius 2 is 1.38 bits per heavy atom. The molecule has 2 heteroatoms. The third-order valence-corrected chi connectivity index (χ3v) is 3.39. The van der Waals surface area contributed by atoms with Crippen molar-refractivity contribution in [3.63, 3.8) is 0 Å². The van der Waals surface area contributed by atoms with Gasteiger partial charge in [0.05, 0.1) is 0 Å². The molecule has 0 fully saturated rings. The van der Waals surface area contributed by atoms with Crippen molar-refractivity contribution in [3.8, 4) is 0 Å². The van der Waals surface area contributed by atoms with Crippen LogP contribution in [0.2, 0.25) is 0 Å². The summed E-state index contributed by atoms with van der Waals surface area (Å²) in [4.78, 5) is 12.2. The Kier molecular flexibility index (Phi) is 3.61. The average molecular weight is 221 g/mol. The van der Waals surface area contributed by atoms with Crippen LogP contribution >= 0.6 is 0 Å². The molecule has 0 bridgehead atoms. The van der Waals surface area contributed by atoms with Gasteiger partial charge in [0.25, 0.3) is 5.56 Å². The fourth-order valence-corrected chi connectivity index (χ4v) is 2.62. The van der Waals surface area contributed by atoms with Crippen LogP contribution in [0, 0.1) is 13.8 Å². The molecule has 0 aliphatic rings. The lowest BCUT2D eigenvalue weighted by molar-refractivity contribution is 0.710. The minimum Gasteiger partial charge on any atom is -0.315 e. The first-order chi connectivity index (χ1) is 7.29. The molecule has 0 radical (unpaired) electrons. The molecule has 0 saturated carbocycles. The summed E-state index contributed by atoms with van der Waals surface area (Å²) in [5.41, 5.74) is 4.74. The van der Waals surface area contributed by atoms with Crippen molar-refractivity contribution in [1.82, 2.24) is 4.57 Å². The zero-order valence-corrected chi connectivity index (χ0v) is 11.5. The third-order valence-electron chi connectivity index (χ3n) is 3.39. The summed E-state index contributed by atoms with van der Waals surface area (Å²) >= 11 is 0. The Hall–Kier alpha value is -1.05. The average Bonchev–Trinajstić information content (AvgIpc) is 2.13. The predicted molar refractivity (Wildman–Crippen MR) is 69.3 cm³/mol. The fourth-order valence-electron chi connectivity index (χ4n) is 2.62. The maximum Gasteiger partial charge on any atom is 0.254 e. The maximum absolute atomic E-state index is 12.2. The Morgan fingerprint density at radius 3 is 1.75 bits per heavy atom. The Bertz CT molecular complexity index is 453. The quantitative estimate of drug-likeness (QED) is 0.751. The van der Waals surface area contributed by atoms with E-state index >= 15 is 0 Å². The molecule has 16 heavy (non-hydrogen) atoms. The Balaban J connectivity index is 3.73. The molecule has 90 valence electrons. The summed E-state index contributed by atoms with van der Waals surface area (Å²) < 4.78 is 1.79. The molecule has 0 unspecified atom stereocenters. The maximum atomic E-state index is 12.2. The van der Waals surface area contributed by atoms with Gasteiger partial charge >= 0.3 is 0 Å². The third kappa shape index (κ3) is 1.93. The monoisotopic (exact) mass is 221 g/mol. The van der Waals surface area contributed by atoms with Crippen LogP contribution in [0.3, 0.4) is 0 Å². The molecule has 0 aliphatic carbocycles. The highest BCUT2D eigenvalue weighted by Crippen LogP contribution is 2.26. The first-order valence-corrected chi connectivity index (χ1v) is 5.99. The second-order valence-corrected chi connectivity index (χ2v) is 5.21. The molecule has 0 amide bonds. The van der Waals surface area contributed by atoms with E-state index in [9.17, 15) is 4.79 Å². The normalized spacial score (nSPS) is 11.6. The van der Waals surface area contributed by atoms with E-state index in [1.165, 1.54) is 11.1 Å². The van der Waals surface area contributed by atoms with Gasteiger partial charge in [0, 0.05) is 18.3 Å². The van der Waals surface area contributed by atoms with Gasteiger partial charge in [-0.15, -0.1) is 0 Å². The lowest BCUT2D eigenvalue weighted by Crippen LogP contribution is -2.27. The summed E-state index contributed by atoms with van der Waals surface area (Å²) in [5.74, 6) is 0.751. The van der Waals surface area contributed by atoms with Crippen LogP contribution in [0.25, 0.3) is 0 Å². The summed E-state index contributed by atoms with van der Waals surface area (Å²) in [6, 6.07) is 0. The predicted octanol–water partition coefficient (Wildman–Crippen LogP) is 3.25. The van der Waals surface area contributed by atoms with Crippen LogP contribution in [-0.4, -0.2) is 4.57 Å². The second-order valence-electron chi connectivity index (χ2n) is 5.21. The number of nitrogens with zero attached hydrogens (tertiary/aromatic N) is 1. The summed E-state index contributed by atoms with van der Waals surface area (Å²) in [5, 5.41) is 0. The van der Waals surface area contributed by atoms with Crippen molar-refractivity contribution in [2.45, 2.75) is 53.4 Å². The standard InChI is InChI=1S/C14H23NO/c1-8(2)12-10(5)13(9(3)4)14(16)15(7)11(12)6/h8-9H,1-7H3. The zero-order chi connectivity index (χ0) is 12.6. The van der Waals surface area contributed by atoms with Crippen molar-refractivity contribution >= 4 is 0 Å². The summed E-state index contributed by atoms with van der Waals surface area (Å²) in [7, 11) is 1.87. The number of pyridine rings is 1. The van der Waals surface area contributed by atoms with Gasteiger partial charge in [-0.1, -0.05) is 27.7 Å². The highest BCUT2D eigenvalue weighted by atomic mass is 16.1. The van der Waals surface area contributed by atoms with E-state index in [-0.39, 0.29) is 11.5 Å².